The van der Waals surface area contributed by atoms with Crippen LogP contribution in [0.3, 0.4) is 0 Å². The molecule has 0 heterocycles. The largest absolute Gasteiger partial charge is 0.507 e. The van der Waals surface area contributed by atoms with Gasteiger partial charge in [-0.05, 0) is 82.3 Å². The lowest BCUT2D eigenvalue weighted by molar-refractivity contribution is 0.0949. The van der Waals surface area contributed by atoms with E-state index in [0.717, 1.165) is 30.6 Å². The fraction of sp³-hybridized carbons (Fsp3) is 0.500. The second kappa shape index (κ2) is 11.9. The van der Waals surface area contributed by atoms with Crippen molar-refractivity contribution < 1.29 is 19.7 Å². The summed E-state index contributed by atoms with van der Waals surface area (Å²) in [5.41, 5.74) is 2.38. The number of nitrogens with one attached hydrogen (secondary N) is 2. The number of rotatable bonds is 12. The minimum absolute atomic E-state index is 0.161. The molecule has 6 heteroatoms. The number of hydrogen-bond acceptors (Lipinski definition) is 5. The van der Waals surface area contributed by atoms with Gasteiger partial charge in [0.05, 0.1) is 18.3 Å². The van der Waals surface area contributed by atoms with E-state index in [4.69, 9.17) is 4.74 Å². The fourth-order valence-electron chi connectivity index (χ4n) is 3.51. The van der Waals surface area contributed by atoms with E-state index in [1.54, 1.807) is 12.1 Å². The van der Waals surface area contributed by atoms with Gasteiger partial charge in [-0.3, -0.25) is 4.79 Å². The van der Waals surface area contributed by atoms with Gasteiger partial charge in [0.25, 0.3) is 5.91 Å². The highest BCUT2D eigenvalue weighted by atomic mass is 16.5. The molecule has 1 amide bonds. The van der Waals surface area contributed by atoms with Gasteiger partial charge >= 0.3 is 0 Å². The van der Waals surface area contributed by atoms with Crippen molar-refractivity contribution in [2.45, 2.75) is 65.5 Å². The molecule has 0 bridgehead atoms. The third-order valence-corrected chi connectivity index (χ3v) is 5.47. The number of β-amino-alcohol motifs (C(OH)–C–C–N with tert-alkyl or cyclic N) is 1. The number of aliphatic hydroxyl groups excluding tert-OH is 1. The van der Waals surface area contributed by atoms with Crippen LogP contribution in [0.15, 0.2) is 36.4 Å². The summed E-state index contributed by atoms with van der Waals surface area (Å²) >= 11 is 0. The summed E-state index contributed by atoms with van der Waals surface area (Å²) < 4.78 is 5.49. The van der Waals surface area contributed by atoms with E-state index in [1.807, 2.05) is 32.9 Å². The number of hydrogen-bond donors (Lipinski definition) is 4. The highest BCUT2D eigenvalue weighted by molar-refractivity contribution is 5.97. The molecule has 2 aromatic rings. The molecule has 32 heavy (non-hydrogen) atoms. The summed E-state index contributed by atoms with van der Waals surface area (Å²) in [4.78, 5) is 12.4. The third kappa shape index (κ3) is 7.53. The average Bonchev–Trinajstić information content (AvgIpc) is 2.77. The highest BCUT2D eigenvalue weighted by Crippen LogP contribution is 2.30. The van der Waals surface area contributed by atoms with Crippen molar-refractivity contribution in [3.63, 3.8) is 0 Å². The Kier molecular flexibility index (Phi) is 9.54. The number of aryl methyl sites for hydroxylation is 2. The number of ether oxygens (including phenoxy) is 1. The lowest BCUT2D eigenvalue weighted by Gasteiger charge is -2.28. The molecule has 0 aromatic heterocycles. The first kappa shape index (κ1) is 25.7. The third-order valence-electron chi connectivity index (χ3n) is 5.47. The summed E-state index contributed by atoms with van der Waals surface area (Å²) in [6, 6.07) is 11.5. The number of carbonyl (C=O) groups excluding carboxylic acids is 1. The van der Waals surface area contributed by atoms with Gasteiger partial charge in [0.1, 0.15) is 11.5 Å². The highest BCUT2D eigenvalue weighted by Gasteiger charge is 2.23. The van der Waals surface area contributed by atoms with Gasteiger partial charge in [-0.2, -0.15) is 0 Å². The normalized spacial score (nSPS) is 12.4. The first-order valence-corrected chi connectivity index (χ1v) is 11.4. The minimum atomic E-state index is -0.933. The van der Waals surface area contributed by atoms with Gasteiger partial charge in [0, 0.05) is 24.2 Å². The number of carbonyl (C=O) groups is 1. The molecule has 2 aromatic carbocycles. The van der Waals surface area contributed by atoms with E-state index in [9.17, 15) is 15.0 Å². The Morgan fingerprint density at radius 1 is 1.16 bits per heavy atom. The molecule has 0 spiro atoms. The van der Waals surface area contributed by atoms with Crippen molar-refractivity contribution in [3.05, 3.63) is 58.7 Å². The van der Waals surface area contributed by atoms with E-state index in [1.165, 1.54) is 5.56 Å². The molecule has 0 radical (unpaired) electrons. The first-order valence-electron chi connectivity index (χ1n) is 11.4. The van der Waals surface area contributed by atoms with Crippen LogP contribution in [0.25, 0.3) is 0 Å². The molecule has 176 valence electrons. The topological polar surface area (TPSA) is 90.8 Å². The molecule has 4 N–H and O–H groups in total. The maximum absolute atomic E-state index is 12.4. The number of benzene rings is 2. The van der Waals surface area contributed by atoms with Gasteiger partial charge in [0.2, 0.25) is 0 Å². The van der Waals surface area contributed by atoms with Crippen molar-refractivity contribution in [2.75, 3.05) is 19.7 Å². The number of aromatic hydroxyl groups is 1. The van der Waals surface area contributed by atoms with Gasteiger partial charge in [-0.25, -0.2) is 0 Å². The SMILES string of the molecule is CCCNC(=O)c1cc(C)cc(C(O)CNC(C)(C)CCc2ccc(OCC)cc2)c1O. The van der Waals surface area contributed by atoms with Crippen molar-refractivity contribution in [1.29, 1.82) is 0 Å². The van der Waals surface area contributed by atoms with Crippen LogP contribution in [0.4, 0.5) is 0 Å². The lowest BCUT2D eigenvalue weighted by atomic mass is 9.94. The molecule has 2 rings (SSSR count). The Labute approximate surface area is 192 Å². The maximum atomic E-state index is 12.4. The second-order valence-electron chi connectivity index (χ2n) is 8.86. The van der Waals surface area contributed by atoms with Crippen LogP contribution in [-0.2, 0) is 6.42 Å². The van der Waals surface area contributed by atoms with Crippen molar-refractivity contribution in [2.24, 2.45) is 0 Å². The van der Waals surface area contributed by atoms with Gasteiger partial charge < -0.3 is 25.6 Å². The Morgan fingerprint density at radius 3 is 2.47 bits per heavy atom. The number of amides is 1. The monoisotopic (exact) mass is 442 g/mol. The summed E-state index contributed by atoms with van der Waals surface area (Å²) in [5.74, 6) is 0.383. The molecule has 1 atom stereocenters. The average molecular weight is 443 g/mol. The Balaban J connectivity index is 1.98. The molecule has 0 fully saturated rings. The molecule has 0 aliphatic heterocycles. The zero-order chi connectivity index (χ0) is 23.7. The van der Waals surface area contributed by atoms with Gasteiger partial charge in [-0.15, -0.1) is 0 Å². The molecule has 0 saturated heterocycles. The summed E-state index contributed by atoms with van der Waals surface area (Å²) in [5, 5.41) is 27.6. The summed E-state index contributed by atoms with van der Waals surface area (Å²) in [7, 11) is 0. The summed E-state index contributed by atoms with van der Waals surface area (Å²) in [6.07, 6.45) is 1.64. The Morgan fingerprint density at radius 2 is 1.84 bits per heavy atom. The van der Waals surface area contributed by atoms with Crippen LogP contribution < -0.4 is 15.4 Å². The van der Waals surface area contributed by atoms with Crippen LogP contribution in [0.2, 0.25) is 0 Å². The minimum Gasteiger partial charge on any atom is -0.507 e. The van der Waals surface area contributed by atoms with Crippen LogP contribution in [0, 0.1) is 6.92 Å². The van der Waals surface area contributed by atoms with Gasteiger partial charge in [-0.1, -0.05) is 19.1 Å². The standard InChI is InChI=1S/C26H38N2O4/c1-6-14-27-25(31)22-16-18(3)15-21(24(22)30)23(29)17-28-26(4,5)13-12-19-8-10-20(11-9-19)32-7-2/h8-11,15-16,23,28-30H,6-7,12-14,17H2,1-5H3,(H,27,31). The predicted octanol–water partition coefficient (Wildman–Crippen LogP) is 4.27. The van der Waals surface area contributed by atoms with Crippen LogP contribution in [0.1, 0.15) is 73.7 Å². The van der Waals surface area contributed by atoms with Crippen molar-refractivity contribution in [3.8, 4) is 11.5 Å². The molecule has 0 aliphatic carbocycles. The predicted molar refractivity (Wildman–Crippen MR) is 128 cm³/mol. The smallest absolute Gasteiger partial charge is 0.255 e. The van der Waals surface area contributed by atoms with E-state index in [2.05, 4.69) is 36.6 Å². The van der Waals surface area contributed by atoms with Crippen LogP contribution >= 0.6 is 0 Å². The van der Waals surface area contributed by atoms with Crippen LogP contribution in [-0.4, -0.2) is 41.4 Å². The molecule has 6 nitrogen and oxygen atoms in total. The van der Waals surface area contributed by atoms with E-state index < -0.39 is 6.10 Å². The van der Waals surface area contributed by atoms with E-state index >= 15 is 0 Å². The lowest BCUT2D eigenvalue weighted by Crippen LogP contribution is -2.42. The first-order chi connectivity index (χ1) is 15.2. The molecule has 0 aliphatic rings. The fourth-order valence-corrected chi connectivity index (χ4v) is 3.51. The summed E-state index contributed by atoms with van der Waals surface area (Å²) in [6.45, 7) is 11.4. The number of aliphatic hydroxyl groups is 1. The van der Waals surface area contributed by atoms with Crippen molar-refractivity contribution in [1.82, 2.24) is 10.6 Å². The van der Waals surface area contributed by atoms with Gasteiger partial charge in [0.15, 0.2) is 0 Å². The zero-order valence-corrected chi connectivity index (χ0v) is 20.0. The Hall–Kier alpha value is -2.57. The second-order valence-corrected chi connectivity index (χ2v) is 8.86. The molecule has 0 saturated carbocycles. The van der Waals surface area contributed by atoms with E-state index in [-0.39, 0.29) is 29.3 Å². The maximum Gasteiger partial charge on any atom is 0.255 e. The van der Waals surface area contributed by atoms with Crippen molar-refractivity contribution >= 4 is 5.91 Å². The number of phenolic OH excluding ortho intramolecular Hbond substituents is 1. The quantitative estimate of drug-likeness (QED) is 0.394. The molecule has 1 unspecified atom stereocenters. The number of phenols is 1. The Bertz CT molecular complexity index is 878. The molecular formula is C26H38N2O4. The van der Waals surface area contributed by atoms with E-state index in [0.29, 0.717) is 18.7 Å². The molecular weight excluding hydrogens is 404 g/mol. The zero-order valence-electron chi connectivity index (χ0n) is 20.0. The van der Waals surface area contributed by atoms with Crippen LogP contribution in [0.5, 0.6) is 11.5 Å².